The molecule has 2 aromatic carbocycles. The highest BCUT2D eigenvalue weighted by molar-refractivity contribution is 7.86. The van der Waals surface area contributed by atoms with Crippen LogP contribution in [-0.4, -0.2) is 25.9 Å². The van der Waals surface area contributed by atoms with E-state index in [2.05, 4.69) is 0 Å². The molecule has 0 radical (unpaired) electrons. The Hall–Kier alpha value is -1.74. The molecule has 0 saturated heterocycles. The second-order valence-electron chi connectivity index (χ2n) is 4.71. The van der Waals surface area contributed by atoms with Gasteiger partial charge in [0, 0.05) is 0 Å². The average molecular weight is 342 g/mol. The Morgan fingerprint density at radius 1 is 0.773 bits per heavy atom. The lowest BCUT2D eigenvalue weighted by molar-refractivity contribution is 0.480. The standard InChI is InChI=1S/C14H14O6S2/c15-21(16,17)13-6-3-4-11(10-13)8-9-12-5-1-2-7-14(12)22(18,19)20/h1-7,10H,8-9H2,(H,15,16,17)(H,18,19,20). The molecular formula is C14H14O6S2. The van der Waals surface area contributed by atoms with Crippen LogP contribution in [0.15, 0.2) is 58.3 Å². The van der Waals surface area contributed by atoms with Gasteiger partial charge in [-0.05, 0) is 42.2 Å². The van der Waals surface area contributed by atoms with Crippen molar-refractivity contribution < 1.29 is 25.9 Å². The van der Waals surface area contributed by atoms with Crippen LogP contribution in [0.3, 0.4) is 0 Å². The second-order valence-corrected chi connectivity index (χ2v) is 7.52. The lowest BCUT2D eigenvalue weighted by Gasteiger charge is -2.07. The summed E-state index contributed by atoms with van der Waals surface area (Å²) in [6.45, 7) is 0. The summed E-state index contributed by atoms with van der Waals surface area (Å²) in [4.78, 5) is -0.381. The first-order valence-corrected chi connectivity index (χ1v) is 9.18. The Balaban J connectivity index is 2.25. The summed E-state index contributed by atoms with van der Waals surface area (Å²) in [6.07, 6.45) is 0.654. The molecule has 0 saturated carbocycles. The highest BCUT2D eigenvalue weighted by atomic mass is 32.2. The normalized spacial score (nSPS) is 12.3. The highest BCUT2D eigenvalue weighted by Crippen LogP contribution is 2.18. The zero-order valence-corrected chi connectivity index (χ0v) is 13.0. The number of benzene rings is 2. The van der Waals surface area contributed by atoms with Gasteiger partial charge in [0.05, 0.1) is 9.79 Å². The van der Waals surface area contributed by atoms with E-state index in [4.69, 9.17) is 4.55 Å². The van der Waals surface area contributed by atoms with Gasteiger partial charge in [0.2, 0.25) is 0 Å². The maximum absolute atomic E-state index is 11.3. The molecule has 0 spiro atoms. The number of hydrogen-bond acceptors (Lipinski definition) is 4. The zero-order chi connectivity index (χ0) is 16.4. The van der Waals surface area contributed by atoms with E-state index in [-0.39, 0.29) is 9.79 Å². The molecule has 0 atom stereocenters. The molecular weight excluding hydrogens is 328 g/mol. The van der Waals surface area contributed by atoms with Gasteiger partial charge in [0.25, 0.3) is 20.2 Å². The first-order valence-electron chi connectivity index (χ1n) is 6.30. The van der Waals surface area contributed by atoms with Crippen LogP contribution in [0.5, 0.6) is 0 Å². The van der Waals surface area contributed by atoms with Crippen LogP contribution >= 0.6 is 0 Å². The van der Waals surface area contributed by atoms with Crippen molar-refractivity contribution in [2.75, 3.05) is 0 Å². The van der Waals surface area contributed by atoms with Gasteiger partial charge in [0.15, 0.2) is 0 Å². The van der Waals surface area contributed by atoms with Crippen molar-refractivity contribution in [3.05, 3.63) is 59.7 Å². The van der Waals surface area contributed by atoms with Gasteiger partial charge in [-0.3, -0.25) is 9.11 Å². The van der Waals surface area contributed by atoms with E-state index >= 15 is 0 Å². The quantitative estimate of drug-likeness (QED) is 0.804. The summed E-state index contributed by atoms with van der Waals surface area (Å²) >= 11 is 0. The van der Waals surface area contributed by atoms with Crippen LogP contribution < -0.4 is 0 Å². The molecule has 22 heavy (non-hydrogen) atoms. The van der Waals surface area contributed by atoms with E-state index in [1.165, 1.54) is 30.3 Å². The van der Waals surface area contributed by atoms with Crippen LogP contribution in [-0.2, 0) is 33.1 Å². The van der Waals surface area contributed by atoms with Crippen molar-refractivity contribution in [2.45, 2.75) is 22.6 Å². The van der Waals surface area contributed by atoms with Gasteiger partial charge in [0.1, 0.15) is 0 Å². The van der Waals surface area contributed by atoms with Crippen LogP contribution in [0.25, 0.3) is 0 Å². The summed E-state index contributed by atoms with van der Waals surface area (Å²) in [5.74, 6) is 0. The van der Waals surface area contributed by atoms with E-state index < -0.39 is 20.2 Å². The van der Waals surface area contributed by atoms with E-state index in [9.17, 15) is 21.4 Å². The molecule has 2 aromatic rings. The van der Waals surface area contributed by atoms with Gasteiger partial charge < -0.3 is 0 Å². The molecule has 0 heterocycles. The largest absolute Gasteiger partial charge is 0.294 e. The van der Waals surface area contributed by atoms with Crippen molar-refractivity contribution in [3.8, 4) is 0 Å². The molecule has 6 nitrogen and oxygen atoms in total. The Morgan fingerprint density at radius 3 is 2.09 bits per heavy atom. The van der Waals surface area contributed by atoms with Gasteiger partial charge in [-0.15, -0.1) is 0 Å². The minimum Gasteiger partial charge on any atom is -0.282 e. The smallest absolute Gasteiger partial charge is 0.282 e. The predicted molar refractivity (Wildman–Crippen MR) is 79.9 cm³/mol. The first-order chi connectivity index (χ1) is 10.2. The Kier molecular flexibility index (Phi) is 4.66. The van der Waals surface area contributed by atoms with Crippen molar-refractivity contribution in [3.63, 3.8) is 0 Å². The molecule has 0 fully saturated rings. The van der Waals surface area contributed by atoms with Crippen molar-refractivity contribution in [1.82, 2.24) is 0 Å². The third-order valence-corrected chi connectivity index (χ3v) is 4.93. The minimum atomic E-state index is -4.31. The molecule has 2 rings (SSSR count). The summed E-state index contributed by atoms with van der Waals surface area (Å²) in [7, 11) is -8.58. The van der Waals surface area contributed by atoms with Crippen LogP contribution in [0.2, 0.25) is 0 Å². The molecule has 0 aromatic heterocycles. The van der Waals surface area contributed by atoms with Crippen LogP contribution in [0, 0.1) is 0 Å². The maximum atomic E-state index is 11.3. The summed E-state index contributed by atoms with van der Waals surface area (Å²) in [6, 6.07) is 11.8. The number of hydrogen-bond donors (Lipinski definition) is 2. The van der Waals surface area contributed by atoms with E-state index in [0.717, 1.165) is 0 Å². The molecule has 0 aliphatic heterocycles. The fraction of sp³-hybridized carbons (Fsp3) is 0.143. The van der Waals surface area contributed by atoms with E-state index in [0.29, 0.717) is 24.0 Å². The zero-order valence-electron chi connectivity index (χ0n) is 11.4. The molecule has 118 valence electrons. The Labute approximate surface area is 128 Å². The predicted octanol–water partition coefficient (Wildman–Crippen LogP) is 1.97. The monoisotopic (exact) mass is 342 g/mol. The first kappa shape index (κ1) is 16.6. The second kappa shape index (κ2) is 6.17. The van der Waals surface area contributed by atoms with Crippen LogP contribution in [0.4, 0.5) is 0 Å². The van der Waals surface area contributed by atoms with Crippen molar-refractivity contribution in [2.24, 2.45) is 0 Å². The minimum absolute atomic E-state index is 0.166. The third kappa shape index (κ3) is 4.14. The molecule has 0 bridgehead atoms. The van der Waals surface area contributed by atoms with E-state index in [1.54, 1.807) is 18.2 Å². The molecule has 0 unspecified atom stereocenters. The van der Waals surface area contributed by atoms with Crippen molar-refractivity contribution in [1.29, 1.82) is 0 Å². The Bertz CT molecular complexity index is 885. The molecule has 0 aliphatic carbocycles. The fourth-order valence-corrected chi connectivity index (χ4v) is 3.41. The summed E-state index contributed by atoms with van der Waals surface area (Å²) < 4.78 is 63.0. The van der Waals surface area contributed by atoms with Gasteiger partial charge in [-0.1, -0.05) is 30.3 Å². The molecule has 2 N–H and O–H groups in total. The molecule has 0 amide bonds. The van der Waals surface area contributed by atoms with Crippen LogP contribution in [0.1, 0.15) is 11.1 Å². The van der Waals surface area contributed by atoms with Gasteiger partial charge >= 0.3 is 0 Å². The van der Waals surface area contributed by atoms with E-state index in [1.807, 2.05) is 0 Å². The lowest BCUT2D eigenvalue weighted by atomic mass is 10.0. The third-order valence-electron chi connectivity index (χ3n) is 3.13. The summed E-state index contributed by atoms with van der Waals surface area (Å²) in [5, 5.41) is 0. The maximum Gasteiger partial charge on any atom is 0.294 e. The molecule has 8 heteroatoms. The molecule has 0 aliphatic rings. The highest BCUT2D eigenvalue weighted by Gasteiger charge is 2.15. The number of rotatable bonds is 5. The number of aryl methyl sites for hydroxylation is 2. The topological polar surface area (TPSA) is 109 Å². The fourth-order valence-electron chi connectivity index (χ4n) is 2.10. The SMILES string of the molecule is O=S(=O)(O)c1cccc(CCc2ccccc2S(=O)(=O)O)c1. The summed E-state index contributed by atoms with van der Waals surface area (Å²) in [5.41, 5.74) is 1.06. The van der Waals surface area contributed by atoms with Crippen molar-refractivity contribution >= 4 is 20.2 Å². The van der Waals surface area contributed by atoms with Gasteiger partial charge in [-0.25, -0.2) is 0 Å². The average Bonchev–Trinajstić information content (AvgIpc) is 2.44. The Morgan fingerprint density at radius 2 is 1.45 bits per heavy atom. The van der Waals surface area contributed by atoms with Gasteiger partial charge in [-0.2, -0.15) is 16.8 Å². The lowest BCUT2D eigenvalue weighted by Crippen LogP contribution is -2.04.